The van der Waals surface area contributed by atoms with Crippen molar-refractivity contribution in [3.05, 3.63) is 29.7 Å². The van der Waals surface area contributed by atoms with E-state index in [1.807, 2.05) is 12.1 Å². The van der Waals surface area contributed by atoms with Gasteiger partial charge in [-0.3, -0.25) is 4.98 Å². The number of carbonyl (C=O) groups excluding carboxylic acids is 1. The molecule has 140 valence electrons. The second kappa shape index (κ2) is 8.10. The summed E-state index contributed by atoms with van der Waals surface area (Å²) in [5.74, 6) is -0.401. The summed E-state index contributed by atoms with van der Waals surface area (Å²) in [6.07, 6.45) is 4.72. The SMILES string of the molecule is CCS(=O)(=O)N1CCCC(C(=O)[NH2+]c2sc(-c3cccnc3)nc2Cl)C1. The number of hydrogen-bond donors (Lipinski definition) is 1. The Bertz CT molecular complexity index is 886. The summed E-state index contributed by atoms with van der Waals surface area (Å²) in [7, 11) is -3.28. The number of aromatic nitrogens is 2. The summed E-state index contributed by atoms with van der Waals surface area (Å²) in [6.45, 7) is 2.33. The van der Waals surface area contributed by atoms with Gasteiger partial charge in [0.15, 0.2) is 0 Å². The maximum atomic E-state index is 12.7. The van der Waals surface area contributed by atoms with Crippen LogP contribution in [0.15, 0.2) is 24.5 Å². The molecule has 0 radical (unpaired) electrons. The lowest BCUT2D eigenvalue weighted by atomic mass is 9.99. The zero-order valence-corrected chi connectivity index (χ0v) is 16.6. The Morgan fingerprint density at radius 3 is 3.00 bits per heavy atom. The largest absolute Gasteiger partial charge is 0.320 e. The lowest BCUT2D eigenvalue weighted by molar-refractivity contribution is -0.484. The summed E-state index contributed by atoms with van der Waals surface area (Å²) in [4.78, 5) is 21.0. The van der Waals surface area contributed by atoms with Gasteiger partial charge in [-0.1, -0.05) is 22.9 Å². The maximum absolute atomic E-state index is 12.7. The van der Waals surface area contributed by atoms with Crippen LogP contribution in [0.25, 0.3) is 10.6 Å². The molecule has 2 N–H and O–H groups in total. The Morgan fingerprint density at radius 1 is 1.50 bits per heavy atom. The predicted molar refractivity (Wildman–Crippen MR) is 101 cm³/mol. The Kier molecular flexibility index (Phi) is 6.03. The molecule has 0 bridgehead atoms. The van der Waals surface area contributed by atoms with Crippen molar-refractivity contribution in [2.24, 2.45) is 5.92 Å². The monoisotopic (exact) mass is 415 g/mol. The first-order valence-electron chi connectivity index (χ1n) is 8.34. The highest BCUT2D eigenvalue weighted by molar-refractivity contribution is 7.89. The van der Waals surface area contributed by atoms with E-state index in [1.54, 1.807) is 19.3 Å². The highest BCUT2D eigenvalue weighted by Crippen LogP contribution is 2.31. The normalized spacial score (nSPS) is 18.8. The van der Waals surface area contributed by atoms with Gasteiger partial charge >= 0.3 is 5.91 Å². The van der Waals surface area contributed by atoms with Crippen molar-refractivity contribution in [2.45, 2.75) is 19.8 Å². The van der Waals surface area contributed by atoms with Gasteiger partial charge < -0.3 is 0 Å². The highest BCUT2D eigenvalue weighted by atomic mass is 35.5. The average molecular weight is 416 g/mol. The zero-order valence-electron chi connectivity index (χ0n) is 14.3. The third kappa shape index (κ3) is 4.29. The predicted octanol–water partition coefficient (Wildman–Crippen LogP) is 1.64. The van der Waals surface area contributed by atoms with Crippen molar-refractivity contribution in [2.75, 3.05) is 18.8 Å². The molecule has 1 saturated heterocycles. The molecular weight excluding hydrogens is 396 g/mol. The van der Waals surface area contributed by atoms with Gasteiger partial charge in [-0.25, -0.2) is 27.8 Å². The van der Waals surface area contributed by atoms with Crippen LogP contribution >= 0.6 is 22.9 Å². The number of quaternary nitrogens is 1. The number of nitrogens with zero attached hydrogens (tertiary/aromatic N) is 3. The van der Waals surface area contributed by atoms with Crippen LogP contribution in [0.1, 0.15) is 19.8 Å². The number of thiazole rings is 1. The smallest absolute Gasteiger partial charge is 0.264 e. The topological polar surface area (TPSA) is 96.8 Å². The molecule has 3 rings (SSSR count). The van der Waals surface area contributed by atoms with Crippen molar-refractivity contribution in [1.82, 2.24) is 14.3 Å². The number of primary amides is 1. The van der Waals surface area contributed by atoms with Crippen LogP contribution < -0.4 is 5.32 Å². The molecule has 0 spiro atoms. The Morgan fingerprint density at radius 2 is 2.31 bits per heavy atom. The molecule has 1 aliphatic rings. The van der Waals surface area contributed by atoms with Gasteiger partial charge in [-0.2, -0.15) is 0 Å². The number of hydrogen-bond acceptors (Lipinski definition) is 6. The fourth-order valence-electron chi connectivity index (χ4n) is 2.87. The lowest BCUT2D eigenvalue weighted by Gasteiger charge is -2.29. The van der Waals surface area contributed by atoms with Gasteiger partial charge in [0.05, 0.1) is 11.7 Å². The van der Waals surface area contributed by atoms with Crippen LogP contribution in [0.3, 0.4) is 0 Å². The summed E-state index contributed by atoms with van der Waals surface area (Å²) in [5, 5.41) is 3.05. The lowest BCUT2D eigenvalue weighted by Crippen LogP contribution is -2.84. The molecule has 1 unspecified atom stereocenters. The molecule has 1 amide bonds. The van der Waals surface area contributed by atoms with Crippen molar-refractivity contribution in [3.63, 3.8) is 0 Å². The van der Waals surface area contributed by atoms with Crippen LogP contribution in [-0.4, -0.2) is 47.4 Å². The molecule has 1 fully saturated rings. The van der Waals surface area contributed by atoms with Crippen molar-refractivity contribution in [3.8, 4) is 10.6 Å². The quantitative estimate of drug-likeness (QED) is 0.800. The highest BCUT2D eigenvalue weighted by Gasteiger charge is 2.34. The second-order valence-electron chi connectivity index (χ2n) is 6.06. The molecule has 2 aromatic heterocycles. The molecule has 3 heterocycles. The van der Waals surface area contributed by atoms with Gasteiger partial charge in [0, 0.05) is 31.0 Å². The Hall–Kier alpha value is -1.39. The number of rotatable bonds is 5. The van der Waals surface area contributed by atoms with Gasteiger partial charge in [-0.15, -0.1) is 0 Å². The summed E-state index contributed by atoms with van der Waals surface area (Å²) < 4.78 is 25.5. The number of sulfonamides is 1. The van der Waals surface area contributed by atoms with E-state index in [4.69, 9.17) is 11.6 Å². The van der Waals surface area contributed by atoms with Gasteiger partial charge in [0.2, 0.25) is 20.2 Å². The van der Waals surface area contributed by atoms with Crippen LogP contribution in [0.2, 0.25) is 5.15 Å². The van der Waals surface area contributed by atoms with Crippen molar-refractivity contribution < 1.29 is 18.5 Å². The molecule has 0 aromatic carbocycles. The summed E-state index contributed by atoms with van der Waals surface area (Å²) in [5.41, 5.74) is 0.837. The number of piperidine rings is 1. The number of nitrogens with two attached hydrogens (primary N) is 1. The van der Waals surface area contributed by atoms with E-state index in [-0.39, 0.29) is 29.3 Å². The minimum absolute atomic E-state index is 0.0484. The molecule has 0 aliphatic carbocycles. The van der Waals surface area contributed by atoms with E-state index in [9.17, 15) is 13.2 Å². The molecule has 1 atom stereocenters. The third-order valence-electron chi connectivity index (χ3n) is 4.34. The summed E-state index contributed by atoms with van der Waals surface area (Å²) >= 11 is 7.52. The third-order valence-corrected chi connectivity index (χ3v) is 7.64. The van der Waals surface area contributed by atoms with Crippen molar-refractivity contribution >= 4 is 43.9 Å². The van der Waals surface area contributed by atoms with E-state index >= 15 is 0 Å². The fraction of sp³-hybridized carbons (Fsp3) is 0.438. The molecular formula is C16H20ClN4O3S2+. The minimum atomic E-state index is -3.28. The Balaban J connectivity index is 1.71. The number of amides is 1. The van der Waals surface area contributed by atoms with E-state index in [0.29, 0.717) is 29.4 Å². The number of carbonyl (C=O) groups is 1. The molecule has 0 saturated carbocycles. The van der Waals surface area contributed by atoms with Crippen LogP contribution in [-0.2, 0) is 14.8 Å². The van der Waals surface area contributed by atoms with Crippen LogP contribution in [0.4, 0.5) is 5.00 Å². The van der Waals surface area contributed by atoms with E-state index in [1.165, 1.54) is 21.0 Å². The maximum Gasteiger partial charge on any atom is 0.320 e. The van der Waals surface area contributed by atoms with Gasteiger partial charge in [0.1, 0.15) is 5.01 Å². The van der Waals surface area contributed by atoms with Gasteiger partial charge in [0.25, 0.3) is 0 Å². The van der Waals surface area contributed by atoms with E-state index < -0.39 is 10.0 Å². The number of pyridine rings is 1. The molecule has 2 aromatic rings. The number of halogens is 1. The van der Waals surface area contributed by atoms with Crippen LogP contribution in [0, 0.1) is 5.92 Å². The van der Waals surface area contributed by atoms with E-state index in [0.717, 1.165) is 5.56 Å². The van der Waals surface area contributed by atoms with Crippen LogP contribution in [0.5, 0.6) is 0 Å². The second-order valence-corrected chi connectivity index (χ2v) is 9.71. The molecule has 10 heteroatoms. The first-order valence-corrected chi connectivity index (χ1v) is 11.1. The first-order chi connectivity index (χ1) is 12.4. The Labute approximate surface area is 161 Å². The molecule has 7 nitrogen and oxygen atoms in total. The van der Waals surface area contributed by atoms with Crippen molar-refractivity contribution in [1.29, 1.82) is 0 Å². The van der Waals surface area contributed by atoms with Gasteiger partial charge in [-0.05, 0) is 31.9 Å². The summed E-state index contributed by atoms with van der Waals surface area (Å²) in [6, 6.07) is 3.69. The first kappa shape index (κ1) is 19.4. The molecule has 1 aliphatic heterocycles. The minimum Gasteiger partial charge on any atom is -0.264 e. The standard InChI is InChI=1S/C16H19ClN4O3S2/c1-2-26(23,24)21-8-4-6-12(10-21)14(22)20-16-13(17)19-15(25-16)11-5-3-7-18-9-11/h3,5,7,9,12H,2,4,6,8,10H2,1H3,(H,20,22)/p+1. The fourth-order valence-corrected chi connectivity index (χ4v) is 5.25. The average Bonchev–Trinajstić information content (AvgIpc) is 3.03. The molecule has 26 heavy (non-hydrogen) atoms. The zero-order chi connectivity index (χ0) is 18.7. The van der Waals surface area contributed by atoms with E-state index in [2.05, 4.69) is 9.97 Å².